The van der Waals surface area contributed by atoms with Crippen molar-refractivity contribution in [1.29, 1.82) is 0 Å². The summed E-state index contributed by atoms with van der Waals surface area (Å²) in [5.41, 5.74) is -0.133. The third-order valence-corrected chi connectivity index (χ3v) is 1.23. The Morgan fingerprint density at radius 3 is 2.64 bits per heavy atom. The first-order valence-corrected chi connectivity index (χ1v) is 3.10. The minimum absolute atomic E-state index is 0.133. The van der Waals surface area contributed by atoms with Gasteiger partial charge in [0, 0.05) is 6.07 Å². The van der Waals surface area contributed by atoms with Gasteiger partial charge in [-0.3, -0.25) is 4.98 Å². The number of hydrogen-bond donors (Lipinski definition) is 1. The molecule has 1 rings (SSSR count). The number of aliphatic hydroxyl groups excluding tert-OH is 1. The maximum atomic E-state index is 12.6. The summed E-state index contributed by atoms with van der Waals surface area (Å²) < 4.78 is 24.9. The van der Waals surface area contributed by atoms with Gasteiger partial charge in [0.25, 0.3) is 0 Å². The Hall–Kier alpha value is -1.03. The van der Waals surface area contributed by atoms with Crippen molar-refractivity contribution in [3.63, 3.8) is 0 Å². The number of rotatable bonds is 1. The van der Waals surface area contributed by atoms with Crippen LogP contribution in [-0.4, -0.2) is 10.1 Å². The molecule has 0 bridgehead atoms. The average molecular weight is 159 g/mol. The molecule has 0 unspecified atom stereocenters. The summed E-state index contributed by atoms with van der Waals surface area (Å²) in [6, 6.07) is 0.690. The molecule has 0 aliphatic rings. The molecule has 0 radical (unpaired) electrons. The molecule has 0 aromatic carbocycles. The van der Waals surface area contributed by atoms with E-state index in [0.717, 1.165) is 6.20 Å². The molecule has 0 spiro atoms. The van der Waals surface area contributed by atoms with E-state index in [4.69, 9.17) is 5.11 Å². The third kappa shape index (κ3) is 1.71. The molecule has 1 aromatic heterocycles. The summed E-state index contributed by atoms with van der Waals surface area (Å²) in [5.74, 6) is -1.56. The molecule has 0 aliphatic heterocycles. The van der Waals surface area contributed by atoms with Crippen LogP contribution in [0.2, 0.25) is 0 Å². The monoisotopic (exact) mass is 159 g/mol. The van der Waals surface area contributed by atoms with Crippen LogP contribution in [0.15, 0.2) is 12.3 Å². The molecule has 1 aromatic rings. The van der Waals surface area contributed by atoms with Gasteiger partial charge in [0.1, 0.15) is 17.3 Å². The molecule has 1 N–H and O–H groups in total. The maximum Gasteiger partial charge on any atom is 0.150 e. The second kappa shape index (κ2) is 2.92. The molecule has 2 nitrogen and oxygen atoms in total. The molecule has 0 aliphatic carbocycles. The van der Waals surface area contributed by atoms with Gasteiger partial charge < -0.3 is 5.11 Å². The fraction of sp³-hybridized carbons (Fsp3) is 0.286. The fourth-order valence-electron chi connectivity index (χ4n) is 0.733. The van der Waals surface area contributed by atoms with Gasteiger partial charge in [-0.05, 0) is 6.92 Å². The SMILES string of the molecule is C[C@@H](O)c1ncc(F)cc1F. The quantitative estimate of drug-likeness (QED) is 0.672. The minimum Gasteiger partial charge on any atom is -0.387 e. The first-order valence-electron chi connectivity index (χ1n) is 3.10. The number of aromatic nitrogens is 1. The van der Waals surface area contributed by atoms with Crippen molar-refractivity contribution in [2.24, 2.45) is 0 Å². The van der Waals surface area contributed by atoms with Crippen LogP contribution >= 0.6 is 0 Å². The number of halogens is 2. The van der Waals surface area contributed by atoms with E-state index in [9.17, 15) is 8.78 Å². The second-order valence-corrected chi connectivity index (χ2v) is 2.20. The largest absolute Gasteiger partial charge is 0.387 e. The average Bonchev–Trinajstić information content (AvgIpc) is 1.85. The van der Waals surface area contributed by atoms with Crippen LogP contribution in [0.25, 0.3) is 0 Å². The fourth-order valence-corrected chi connectivity index (χ4v) is 0.733. The Kier molecular flexibility index (Phi) is 2.14. The minimum atomic E-state index is -1.00. The van der Waals surface area contributed by atoms with Crippen molar-refractivity contribution in [2.45, 2.75) is 13.0 Å². The Bertz CT molecular complexity index is 263. The standard InChI is InChI=1S/C7H7F2NO/c1-4(11)7-6(9)2-5(8)3-10-7/h2-4,11H,1H3/t4-/m1/s1. The number of nitrogens with zero attached hydrogens (tertiary/aromatic N) is 1. The first kappa shape index (κ1) is 8.07. The number of hydrogen-bond acceptors (Lipinski definition) is 2. The van der Waals surface area contributed by atoms with Crippen LogP contribution in [0.3, 0.4) is 0 Å². The molecule has 4 heteroatoms. The normalized spacial score (nSPS) is 13.1. The van der Waals surface area contributed by atoms with Crippen LogP contribution in [0.4, 0.5) is 8.78 Å². The predicted octanol–water partition coefficient (Wildman–Crippen LogP) is 1.41. The lowest BCUT2D eigenvalue weighted by Crippen LogP contribution is -2.00. The summed E-state index contributed by atoms with van der Waals surface area (Å²) in [7, 11) is 0. The zero-order chi connectivity index (χ0) is 8.43. The predicted molar refractivity (Wildman–Crippen MR) is 34.8 cm³/mol. The smallest absolute Gasteiger partial charge is 0.150 e. The van der Waals surface area contributed by atoms with E-state index in [1.807, 2.05) is 0 Å². The van der Waals surface area contributed by atoms with E-state index in [-0.39, 0.29) is 5.69 Å². The van der Waals surface area contributed by atoms with Crippen molar-refractivity contribution in [2.75, 3.05) is 0 Å². The van der Waals surface area contributed by atoms with Crippen LogP contribution < -0.4 is 0 Å². The van der Waals surface area contributed by atoms with Gasteiger partial charge in [-0.1, -0.05) is 0 Å². The highest BCUT2D eigenvalue weighted by Gasteiger charge is 2.09. The summed E-state index contributed by atoms with van der Waals surface area (Å²) in [4.78, 5) is 3.38. The lowest BCUT2D eigenvalue weighted by atomic mass is 10.2. The number of pyridine rings is 1. The van der Waals surface area contributed by atoms with E-state index >= 15 is 0 Å². The van der Waals surface area contributed by atoms with Gasteiger partial charge in [-0.25, -0.2) is 8.78 Å². The second-order valence-electron chi connectivity index (χ2n) is 2.20. The van der Waals surface area contributed by atoms with Crippen molar-refractivity contribution >= 4 is 0 Å². The first-order chi connectivity index (χ1) is 5.11. The molecule has 60 valence electrons. The van der Waals surface area contributed by atoms with Gasteiger partial charge in [-0.2, -0.15) is 0 Å². The van der Waals surface area contributed by atoms with E-state index in [1.54, 1.807) is 0 Å². The molecule has 11 heavy (non-hydrogen) atoms. The summed E-state index contributed by atoms with van der Waals surface area (Å²) in [6.07, 6.45) is -0.138. The molecule has 1 atom stereocenters. The molecule has 0 fully saturated rings. The van der Waals surface area contributed by atoms with Crippen LogP contribution in [0, 0.1) is 11.6 Å². The highest BCUT2D eigenvalue weighted by Crippen LogP contribution is 2.13. The van der Waals surface area contributed by atoms with Crippen molar-refractivity contribution in [1.82, 2.24) is 4.98 Å². The molecular formula is C7H7F2NO. The molecule has 1 heterocycles. The summed E-state index contributed by atoms with van der Waals surface area (Å²) in [5, 5.41) is 8.87. The van der Waals surface area contributed by atoms with Gasteiger partial charge in [0.2, 0.25) is 0 Å². The van der Waals surface area contributed by atoms with Crippen molar-refractivity contribution < 1.29 is 13.9 Å². The van der Waals surface area contributed by atoms with E-state index in [1.165, 1.54) is 6.92 Å². The Balaban J connectivity index is 3.09. The van der Waals surface area contributed by atoms with Gasteiger partial charge in [0.05, 0.1) is 12.3 Å². The van der Waals surface area contributed by atoms with Crippen LogP contribution in [-0.2, 0) is 0 Å². The summed E-state index contributed by atoms with van der Waals surface area (Å²) in [6.45, 7) is 1.36. The highest BCUT2D eigenvalue weighted by molar-refractivity contribution is 5.10. The zero-order valence-electron chi connectivity index (χ0n) is 5.88. The lowest BCUT2D eigenvalue weighted by molar-refractivity contribution is 0.188. The number of aliphatic hydroxyl groups is 1. The molecular weight excluding hydrogens is 152 g/mol. The van der Waals surface area contributed by atoms with Crippen molar-refractivity contribution in [3.8, 4) is 0 Å². The Morgan fingerprint density at radius 1 is 1.55 bits per heavy atom. The van der Waals surface area contributed by atoms with E-state index < -0.39 is 17.7 Å². The lowest BCUT2D eigenvalue weighted by Gasteiger charge is -2.03. The van der Waals surface area contributed by atoms with Gasteiger partial charge in [-0.15, -0.1) is 0 Å². The van der Waals surface area contributed by atoms with Gasteiger partial charge in [0.15, 0.2) is 0 Å². The highest BCUT2D eigenvalue weighted by atomic mass is 19.1. The van der Waals surface area contributed by atoms with E-state index in [0.29, 0.717) is 6.07 Å². The Labute approximate surface area is 62.5 Å². The zero-order valence-corrected chi connectivity index (χ0v) is 5.88. The third-order valence-electron chi connectivity index (χ3n) is 1.23. The maximum absolute atomic E-state index is 12.6. The van der Waals surface area contributed by atoms with Crippen LogP contribution in [0.1, 0.15) is 18.7 Å². The van der Waals surface area contributed by atoms with Crippen molar-refractivity contribution in [3.05, 3.63) is 29.6 Å². The molecule has 0 saturated carbocycles. The summed E-state index contributed by atoms with van der Waals surface area (Å²) >= 11 is 0. The van der Waals surface area contributed by atoms with Gasteiger partial charge >= 0.3 is 0 Å². The van der Waals surface area contributed by atoms with E-state index in [2.05, 4.69) is 4.98 Å². The topological polar surface area (TPSA) is 33.1 Å². The molecule has 0 saturated heterocycles. The van der Waals surface area contributed by atoms with Crippen LogP contribution in [0.5, 0.6) is 0 Å². The Morgan fingerprint density at radius 2 is 2.18 bits per heavy atom. The molecule has 0 amide bonds.